The fraction of sp³-hybridized carbons (Fsp3) is 0.263. The van der Waals surface area contributed by atoms with E-state index >= 15 is 0 Å². The van der Waals surface area contributed by atoms with E-state index in [9.17, 15) is 4.79 Å². The summed E-state index contributed by atoms with van der Waals surface area (Å²) in [6.07, 6.45) is 4.70. The van der Waals surface area contributed by atoms with E-state index in [-0.39, 0.29) is 5.56 Å². The van der Waals surface area contributed by atoms with Gasteiger partial charge in [0.1, 0.15) is 5.82 Å². The SMILES string of the molecule is O=c1[nH]c(Cc2cccc3ccccc23)nc2c1CCCC2. The van der Waals surface area contributed by atoms with Gasteiger partial charge in [0.05, 0.1) is 5.69 Å². The number of aromatic nitrogens is 2. The third-order valence-electron chi connectivity index (χ3n) is 4.48. The third-order valence-corrected chi connectivity index (χ3v) is 4.48. The van der Waals surface area contributed by atoms with Crippen molar-refractivity contribution in [3.63, 3.8) is 0 Å². The minimum atomic E-state index is 0.0555. The molecule has 1 aliphatic rings. The van der Waals surface area contributed by atoms with Gasteiger partial charge < -0.3 is 4.98 Å². The molecule has 3 nitrogen and oxygen atoms in total. The second kappa shape index (κ2) is 5.41. The largest absolute Gasteiger partial charge is 0.310 e. The third kappa shape index (κ3) is 2.33. The number of aromatic amines is 1. The van der Waals surface area contributed by atoms with Gasteiger partial charge >= 0.3 is 0 Å². The topological polar surface area (TPSA) is 45.8 Å². The molecule has 0 spiro atoms. The predicted octanol–water partition coefficient (Wildman–Crippen LogP) is 3.39. The van der Waals surface area contributed by atoms with Crippen LogP contribution in [0.3, 0.4) is 0 Å². The molecule has 0 aliphatic heterocycles. The average Bonchev–Trinajstić information content (AvgIpc) is 2.55. The van der Waals surface area contributed by atoms with Crippen LogP contribution in [0.2, 0.25) is 0 Å². The number of H-pyrrole nitrogens is 1. The molecule has 1 aliphatic carbocycles. The molecular formula is C19H18N2O. The number of hydrogen-bond acceptors (Lipinski definition) is 2. The van der Waals surface area contributed by atoms with Crippen molar-refractivity contribution in [1.29, 1.82) is 0 Å². The minimum Gasteiger partial charge on any atom is -0.310 e. The van der Waals surface area contributed by atoms with Crippen molar-refractivity contribution in [3.8, 4) is 0 Å². The summed E-state index contributed by atoms with van der Waals surface area (Å²) >= 11 is 0. The predicted molar refractivity (Wildman–Crippen MR) is 88.3 cm³/mol. The van der Waals surface area contributed by atoms with Crippen LogP contribution in [0.5, 0.6) is 0 Å². The fourth-order valence-corrected chi connectivity index (χ4v) is 3.37. The Balaban J connectivity index is 1.77. The molecule has 0 saturated carbocycles. The van der Waals surface area contributed by atoms with E-state index in [1.165, 1.54) is 16.3 Å². The maximum absolute atomic E-state index is 12.2. The van der Waals surface area contributed by atoms with E-state index in [0.29, 0.717) is 6.42 Å². The maximum atomic E-state index is 12.2. The second-order valence-corrected chi connectivity index (χ2v) is 5.96. The lowest BCUT2D eigenvalue weighted by Crippen LogP contribution is -2.23. The summed E-state index contributed by atoms with van der Waals surface area (Å²) in [6.45, 7) is 0. The summed E-state index contributed by atoms with van der Waals surface area (Å²) in [7, 11) is 0. The molecule has 0 fully saturated rings. The highest BCUT2D eigenvalue weighted by atomic mass is 16.1. The van der Waals surface area contributed by atoms with Crippen molar-refractivity contribution in [3.05, 3.63) is 75.5 Å². The number of benzene rings is 2. The zero-order valence-electron chi connectivity index (χ0n) is 12.4. The van der Waals surface area contributed by atoms with Crippen LogP contribution >= 0.6 is 0 Å². The number of aryl methyl sites for hydroxylation is 1. The van der Waals surface area contributed by atoms with Gasteiger partial charge in [-0.2, -0.15) is 0 Å². The van der Waals surface area contributed by atoms with Crippen LogP contribution < -0.4 is 5.56 Å². The molecule has 0 atom stereocenters. The molecule has 22 heavy (non-hydrogen) atoms. The van der Waals surface area contributed by atoms with Gasteiger partial charge in [-0.3, -0.25) is 4.79 Å². The van der Waals surface area contributed by atoms with Crippen LogP contribution in [0.15, 0.2) is 47.3 Å². The molecule has 4 rings (SSSR count). The number of fused-ring (bicyclic) bond motifs is 2. The molecule has 0 saturated heterocycles. The van der Waals surface area contributed by atoms with Crippen molar-refractivity contribution < 1.29 is 0 Å². The highest BCUT2D eigenvalue weighted by Gasteiger charge is 2.15. The van der Waals surface area contributed by atoms with Crippen LogP contribution in [0.1, 0.15) is 35.5 Å². The lowest BCUT2D eigenvalue weighted by molar-refractivity contribution is 0.649. The molecule has 3 aromatic rings. The summed E-state index contributed by atoms with van der Waals surface area (Å²) in [6, 6.07) is 14.6. The Morgan fingerprint density at radius 3 is 2.77 bits per heavy atom. The van der Waals surface area contributed by atoms with Gasteiger partial charge in [0.15, 0.2) is 0 Å². The van der Waals surface area contributed by atoms with E-state index in [4.69, 9.17) is 4.98 Å². The number of nitrogens with zero attached hydrogens (tertiary/aromatic N) is 1. The Labute approximate surface area is 129 Å². The highest BCUT2D eigenvalue weighted by molar-refractivity contribution is 5.85. The van der Waals surface area contributed by atoms with Gasteiger partial charge in [0.2, 0.25) is 0 Å². The quantitative estimate of drug-likeness (QED) is 0.786. The van der Waals surface area contributed by atoms with Crippen molar-refractivity contribution >= 4 is 10.8 Å². The fourth-order valence-electron chi connectivity index (χ4n) is 3.37. The van der Waals surface area contributed by atoms with Gasteiger partial charge in [0.25, 0.3) is 5.56 Å². The molecule has 0 bridgehead atoms. The Kier molecular flexibility index (Phi) is 3.26. The highest BCUT2D eigenvalue weighted by Crippen LogP contribution is 2.21. The molecule has 1 aromatic heterocycles. The lowest BCUT2D eigenvalue weighted by Gasteiger charge is -2.15. The van der Waals surface area contributed by atoms with Gasteiger partial charge in [0, 0.05) is 12.0 Å². The molecule has 1 heterocycles. The van der Waals surface area contributed by atoms with Crippen molar-refractivity contribution in [2.24, 2.45) is 0 Å². The Bertz CT molecular complexity index is 890. The van der Waals surface area contributed by atoms with E-state index in [1.54, 1.807) is 0 Å². The number of nitrogens with one attached hydrogen (secondary N) is 1. The standard InChI is InChI=1S/C19H18N2O/c22-19-16-10-3-4-11-17(16)20-18(21-19)12-14-8-5-7-13-6-1-2-9-15(13)14/h1-2,5-9H,3-4,10-12H2,(H,20,21,22). The van der Waals surface area contributed by atoms with Gasteiger partial charge in [-0.25, -0.2) is 4.98 Å². The van der Waals surface area contributed by atoms with E-state index in [0.717, 1.165) is 42.8 Å². The Morgan fingerprint density at radius 1 is 1.00 bits per heavy atom. The van der Waals surface area contributed by atoms with Crippen molar-refractivity contribution in [2.75, 3.05) is 0 Å². The normalized spacial score (nSPS) is 14.0. The van der Waals surface area contributed by atoms with Crippen molar-refractivity contribution in [2.45, 2.75) is 32.1 Å². The molecule has 3 heteroatoms. The van der Waals surface area contributed by atoms with Gasteiger partial charge in [-0.05, 0) is 42.0 Å². The lowest BCUT2D eigenvalue weighted by atomic mass is 9.97. The molecule has 0 amide bonds. The number of hydrogen-bond donors (Lipinski definition) is 1. The monoisotopic (exact) mass is 290 g/mol. The van der Waals surface area contributed by atoms with Crippen LogP contribution in [-0.2, 0) is 19.3 Å². The average molecular weight is 290 g/mol. The number of rotatable bonds is 2. The first kappa shape index (κ1) is 13.3. The Morgan fingerprint density at radius 2 is 1.82 bits per heavy atom. The van der Waals surface area contributed by atoms with Gasteiger partial charge in [-0.15, -0.1) is 0 Å². The summed E-state index contributed by atoms with van der Waals surface area (Å²) in [5.41, 5.74) is 3.16. The minimum absolute atomic E-state index is 0.0555. The zero-order chi connectivity index (χ0) is 14.9. The summed E-state index contributed by atoms with van der Waals surface area (Å²) < 4.78 is 0. The molecular weight excluding hydrogens is 272 g/mol. The molecule has 0 radical (unpaired) electrons. The molecule has 1 N–H and O–H groups in total. The van der Waals surface area contributed by atoms with Crippen LogP contribution in [0.25, 0.3) is 10.8 Å². The summed E-state index contributed by atoms with van der Waals surface area (Å²) in [4.78, 5) is 19.9. The summed E-state index contributed by atoms with van der Waals surface area (Å²) in [5.74, 6) is 0.780. The van der Waals surface area contributed by atoms with Crippen LogP contribution in [-0.4, -0.2) is 9.97 Å². The first-order valence-corrected chi connectivity index (χ1v) is 7.89. The summed E-state index contributed by atoms with van der Waals surface area (Å²) in [5, 5.41) is 2.45. The zero-order valence-corrected chi connectivity index (χ0v) is 12.4. The van der Waals surface area contributed by atoms with Gasteiger partial charge in [-0.1, -0.05) is 42.5 Å². The smallest absolute Gasteiger partial charge is 0.254 e. The molecule has 2 aromatic carbocycles. The van der Waals surface area contributed by atoms with Crippen molar-refractivity contribution in [1.82, 2.24) is 9.97 Å². The van der Waals surface area contributed by atoms with E-state index in [2.05, 4.69) is 41.4 Å². The first-order valence-electron chi connectivity index (χ1n) is 7.89. The van der Waals surface area contributed by atoms with E-state index in [1.807, 2.05) is 6.07 Å². The molecule has 0 unspecified atom stereocenters. The maximum Gasteiger partial charge on any atom is 0.254 e. The Hall–Kier alpha value is -2.42. The van der Waals surface area contributed by atoms with Crippen LogP contribution in [0.4, 0.5) is 0 Å². The van der Waals surface area contributed by atoms with E-state index < -0.39 is 0 Å². The second-order valence-electron chi connectivity index (χ2n) is 5.96. The van der Waals surface area contributed by atoms with Crippen LogP contribution in [0, 0.1) is 0 Å². The first-order chi connectivity index (χ1) is 10.8. The molecule has 110 valence electrons.